The number of carbonyl (C=O) groups excluding carboxylic acids is 1. The van der Waals surface area contributed by atoms with E-state index in [0.29, 0.717) is 18.7 Å². The van der Waals surface area contributed by atoms with E-state index in [1.54, 1.807) is 19.9 Å². The molecule has 1 aliphatic heterocycles. The van der Waals surface area contributed by atoms with Gasteiger partial charge in [-0.3, -0.25) is 4.79 Å². The largest absolute Gasteiger partial charge is 0.480 e. The maximum atomic E-state index is 12.2. The third kappa shape index (κ3) is 2.05. The van der Waals surface area contributed by atoms with Crippen molar-refractivity contribution in [3.05, 3.63) is 23.2 Å². The SMILES string of the molecule is Cc1cc(C)c(C(=O)N2CCCC2C(=O)O)o1. The minimum atomic E-state index is -0.947. The van der Waals surface area contributed by atoms with Gasteiger partial charge in [-0.05, 0) is 32.8 Å². The van der Waals surface area contributed by atoms with Crippen molar-refractivity contribution in [2.75, 3.05) is 6.54 Å². The first-order valence-electron chi connectivity index (χ1n) is 5.61. The summed E-state index contributed by atoms with van der Waals surface area (Å²) < 4.78 is 5.33. The van der Waals surface area contributed by atoms with Crippen molar-refractivity contribution in [2.45, 2.75) is 32.7 Å². The van der Waals surface area contributed by atoms with Gasteiger partial charge in [-0.1, -0.05) is 0 Å². The number of carboxylic acid groups (broad SMARTS) is 1. The van der Waals surface area contributed by atoms with Crippen LogP contribution in [-0.4, -0.2) is 34.5 Å². The number of hydrogen-bond donors (Lipinski definition) is 1. The van der Waals surface area contributed by atoms with Crippen molar-refractivity contribution in [3.63, 3.8) is 0 Å². The summed E-state index contributed by atoms with van der Waals surface area (Å²) in [5.41, 5.74) is 0.753. The van der Waals surface area contributed by atoms with E-state index < -0.39 is 12.0 Å². The highest BCUT2D eigenvalue weighted by atomic mass is 16.4. The molecule has 1 amide bonds. The first kappa shape index (κ1) is 11.7. The van der Waals surface area contributed by atoms with Gasteiger partial charge in [0.2, 0.25) is 0 Å². The molecule has 2 rings (SSSR count). The van der Waals surface area contributed by atoms with E-state index in [2.05, 4.69) is 0 Å². The zero-order chi connectivity index (χ0) is 12.6. The average Bonchev–Trinajstić information content (AvgIpc) is 2.83. The van der Waals surface area contributed by atoms with E-state index in [1.807, 2.05) is 0 Å². The van der Waals surface area contributed by atoms with Crippen molar-refractivity contribution >= 4 is 11.9 Å². The lowest BCUT2D eigenvalue weighted by Crippen LogP contribution is -2.40. The van der Waals surface area contributed by atoms with Crippen molar-refractivity contribution in [1.82, 2.24) is 4.90 Å². The van der Waals surface area contributed by atoms with Crippen molar-refractivity contribution < 1.29 is 19.1 Å². The van der Waals surface area contributed by atoms with Crippen LogP contribution in [0.5, 0.6) is 0 Å². The van der Waals surface area contributed by atoms with E-state index in [0.717, 1.165) is 12.0 Å². The molecular formula is C12H15NO4. The summed E-state index contributed by atoms with van der Waals surface area (Å²) in [7, 11) is 0. The second-order valence-electron chi connectivity index (χ2n) is 4.36. The Kier molecular flexibility index (Phi) is 2.92. The molecule has 2 heterocycles. The van der Waals surface area contributed by atoms with Crippen LogP contribution in [0.4, 0.5) is 0 Å². The molecule has 0 aromatic carbocycles. The van der Waals surface area contributed by atoms with Gasteiger partial charge in [0.25, 0.3) is 5.91 Å². The first-order valence-corrected chi connectivity index (χ1v) is 5.61. The minimum absolute atomic E-state index is 0.260. The molecule has 1 fully saturated rings. The minimum Gasteiger partial charge on any atom is -0.480 e. The molecule has 0 saturated carbocycles. The molecule has 1 N–H and O–H groups in total. The molecule has 1 saturated heterocycles. The summed E-state index contributed by atoms with van der Waals surface area (Å²) in [5, 5.41) is 9.03. The highest BCUT2D eigenvalue weighted by Crippen LogP contribution is 2.23. The summed E-state index contributed by atoms with van der Waals surface area (Å²) >= 11 is 0. The molecule has 0 radical (unpaired) electrons. The van der Waals surface area contributed by atoms with Gasteiger partial charge in [0.05, 0.1) is 0 Å². The number of carboxylic acids is 1. The topological polar surface area (TPSA) is 70.8 Å². The molecule has 1 aliphatic rings. The quantitative estimate of drug-likeness (QED) is 0.847. The molecule has 1 unspecified atom stereocenters. The number of aryl methyl sites for hydroxylation is 2. The van der Waals surface area contributed by atoms with Crippen LogP contribution < -0.4 is 0 Å². The smallest absolute Gasteiger partial charge is 0.326 e. The molecule has 0 aliphatic carbocycles. The third-order valence-electron chi connectivity index (χ3n) is 3.03. The Labute approximate surface area is 99.0 Å². The Morgan fingerprint density at radius 3 is 2.71 bits per heavy atom. The number of amides is 1. The Balaban J connectivity index is 2.25. The van der Waals surface area contributed by atoms with Gasteiger partial charge in [-0.2, -0.15) is 0 Å². The number of carbonyl (C=O) groups is 2. The number of nitrogens with zero attached hydrogens (tertiary/aromatic N) is 1. The highest BCUT2D eigenvalue weighted by Gasteiger charge is 2.36. The maximum absolute atomic E-state index is 12.2. The van der Waals surface area contributed by atoms with Crippen LogP contribution in [-0.2, 0) is 4.79 Å². The van der Waals surface area contributed by atoms with Gasteiger partial charge in [-0.15, -0.1) is 0 Å². The highest BCUT2D eigenvalue weighted by molar-refractivity contribution is 5.95. The lowest BCUT2D eigenvalue weighted by atomic mass is 10.2. The van der Waals surface area contributed by atoms with Gasteiger partial charge in [0.1, 0.15) is 11.8 Å². The van der Waals surface area contributed by atoms with Gasteiger partial charge < -0.3 is 14.4 Å². The standard InChI is InChI=1S/C12H15NO4/c1-7-6-8(2)17-10(7)11(14)13-5-3-4-9(13)12(15)16/h6,9H,3-5H2,1-2H3,(H,15,16). The van der Waals surface area contributed by atoms with Crippen LogP contribution in [0.3, 0.4) is 0 Å². The summed E-state index contributed by atoms with van der Waals surface area (Å²) in [5.74, 6) is -0.343. The lowest BCUT2D eigenvalue weighted by Gasteiger charge is -2.20. The molecule has 0 spiro atoms. The molecule has 17 heavy (non-hydrogen) atoms. The Morgan fingerprint density at radius 2 is 2.18 bits per heavy atom. The zero-order valence-corrected chi connectivity index (χ0v) is 9.90. The van der Waals surface area contributed by atoms with Gasteiger partial charge in [-0.25, -0.2) is 4.79 Å². The third-order valence-corrected chi connectivity index (χ3v) is 3.03. The monoisotopic (exact) mass is 237 g/mol. The number of aliphatic carboxylic acids is 1. The zero-order valence-electron chi connectivity index (χ0n) is 9.90. The van der Waals surface area contributed by atoms with Gasteiger partial charge >= 0.3 is 5.97 Å². The Hall–Kier alpha value is -1.78. The van der Waals surface area contributed by atoms with Crippen LogP contribution in [0.25, 0.3) is 0 Å². The van der Waals surface area contributed by atoms with E-state index in [4.69, 9.17) is 9.52 Å². The predicted octanol–water partition coefficient (Wildman–Crippen LogP) is 1.59. The second kappa shape index (κ2) is 4.24. The van der Waals surface area contributed by atoms with Crippen LogP contribution in [0.15, 0.2) is 10.5 Å². The number of likely N-dealkylation sites (tertiary alicyclic amines) is 1. The predicted molar refractivity (Wildman–Crippen MR) is 59.9 cm³/mol. The summed E-state index contributed by atoms with van der Waals surface area (Å²) in [6.07, 6.45) is 1.24. The van der Waals surface area contributed by atoms with E-state index in [-0.39, 0.29) is 11.7 Å². The molecule has 92 valence electrons. The Bertz CT molecular complexity index is 463. The molecule has 0 bridgehead atoms. The average molecular weight is 237 g/mol. The first-order chi connectivity index (χ1) is 8.00. The van der Waals surface area contributed by atoms with Gasteiger partial charge in [0.15, 0.2) is 5.76 Å². The molecule has 1 atom stereocenters. The Morgan fingerprint density at radius 1 is 1.47 bits per heavy atom. The fraction of sp³-hybridized carbons (Fsp3) is 0.500. The van der Waals surface area contributed by atoms with Gasteiger partial charge in [0, 0.05) is 12.1 Å². The normalized spacial score (nSPS) is 19.6. The second-order valence-corrected chi connectivity index (χ2v) is 4.36. The van der Waals surface area contributed by atoms with Crippen LogP contribution in [0.1, 0.15) is 34.7 Å². The fourth-order valence-electron chi connectivity index (χ4n) is 2.25. The van der Waals surface area contributed by atoms with E-state index in [1.165, 1.54) is 4.90 Å². The molecule has 1 aromatic rings. The van der Waals surface area contributed by atoms with Crippen molar-refractivity contribution in [2.24, 2.45) is 0 Å². The van der Waals surface area contributed by atoms with Crippen molar-refractivity contribution in [3.8, 4) is 0 Å². The van der Waals surface area contributed by atoms with E-state index >= 15 is 0 Å². The molecular weight excluding hydrogens is 222 g/mol. The summed E-state index contributed by atoms with van der Waals surface area (Å²) in [6.45, 7) is 4.03. The fourth-order valence-corrected chi connectivity index (χ4v) is 2.25. The number of rotatable bonds is 2. The van der Waals surface area contributed by atoms with Crippen LogP contribution in [0.2, 0.25) is 0 Å². The summed E-state index contributed by atoms with van der Waals surface area (Å²) in [4.78, 5) is 24.6. The summed E-state index contributed by atoms with van der Waals surface area (Å²) in [6, 6.07) is 1.06. The van der Waals surface area contributed by atoms with E-state index in [9.17, 15) is 9.59 Å². The lowest BCUT2D eigenvalue weighted by molar-refractivity contribution is -0.141. The van der Waals surface area contributed by atoms with Crippen LogP contribution >= 0.6 is 0 Å². The molecule has 5 nitrogen and oxygen atoms in total. The molecule has 1 aromatic heterocycles. The number of furan rings is 1. The van der Waals surface area contributed by atoms with Crippen molar-refractivity contribution in [1.29, 1.82) is 0 Å². The number of hydrogen-bond acceptors (Lipinski definition) is 3. The molecule has 5 heteroatoms. The van der Waals surface area contributed by atoms with Crippen LogP contribution in [0, 0.1) is 13.8 Å². The maximum Gasteiger partial charge on any atom is 0.326 e.